The number of nitrogens with zero attached hydrogens (tertiary/aromatic N) is 1. The van der Waals surface area contributed by atoms with E-state index < -0.39 is 0 Å². The Morgan fingerprint density at radius 1 is 1.07 bits per heavy atom. The van der Waals surface area contributed by atoms with Gasteiger partial charge in [0.05, 0.1) is 0 Å². The van der Waals surface area contributed by atoms with Crippen molar-refractivity contribution in [3.8, 4) is 0 Å². The summed E-state index contributed by atoms with van der Waals surface area (Å²) >= 11 is 0. The van der Waals surface area contributed by atoms with Gasteiger partial charge in [0, 0.05) is 36.5 Å². The molecule has 1 aliphatic rings. The first-order valence-electron chi connectivity index (χ1n) is 10.6. The van der Waals surface area contributed by atoms with Gasteiger partial charge in [0.2, 0.25) is 0 Å². The number of hydrogen-bond donors (Lipinski definition) is 3. The van der Waals surface area contributed by atoms with Crippen LogP contribution in [0.15, 0.2) is 71.9 Å². The van der Waals surface area contributed by atoms with Gasteiger partial charge >= 0.3 is 0 Å². The van der Waals surface area contributed by atoms with Crippen LogP contribution in [0.25, 0.3) is 5.57 Å². The quantitative estimate of drug-likeness (QED) is 0.340. The average molecular weight is 405 g/mol. The number of nitrogens with one attached hydrogen (secondary N) is 2. The summed E-state index contributed by atoms with van der Waals surface area (Å²) in [6.45, 7) is 2.71. The van der Waals surface area contributed by atoms with E-state index in [2.05, 4.69) is 40.9 Å². The highest BCUT2D eigenvalue weighted by Crippen LogP contribution is 2.31. The van der Waals surface area contributed by atoms with Crippen molar-refractivity contribution < 1.29 is 4.79 Å². The molecular weight excluding hydrogens is 372 g/mol. The first-order chi connectivity index (χ1) is 14.6. The van der Waals surface area contributed by atoms with E-state index >= 15 is 0 Å². The zero-order valence-electron chi connectivity index (χ0n) is 17.9. The van der Waals surface area contributed by atoms with Crippen molar-refractivity contribution in [2.24, 2.45) is 5.84 Å². The van der Waals surface area contributed by atoms with E-state index in [1.165, 1.54) is 11.1 Å². The molecule has 0 saturated carbocycles. The van der Waals surface area contributed by atoms with Crippen LogP contribution in [-0.4, -0.2) is 44.4 Å². The van der Waals surface area contributed by atoms with Crippen LogP contribution in [0.1, 0.15) is 40.7 Å². The molecule has 0 fully saturated rings. The summed E-state index contributed by atoms with van der Waals surface area (Å²) in [5, 5.41) is 3.20. The monoisotopic (exact) mass is 404 g/mol. The first-order valence-corrected chi connectivity index (χ1v) is 10.6. The third-order valence-electron chi connectivity index (χ3n) is 5.51. The fourth-order valence-electron chi connectivity index (χ4n) is 3.80. The Hall–Kier alpha value is -2.73. The molecule has 1 aliphatic carbocycles. The Balaban J connectivity index is 1.87. The highest BCUT2D eigenvalue weighted by molar-refractivity contribution is 6.09. The zero-order chi connectivity index (χ0) is 21.3. The summed E-state index contributed by atoms with van der Waals surface area (Å²) in [5.41, 5.74) is 9.01. The number of benzene rings is 2. The molecule has 0 spiro atoms. The van der Waals surface area contributed by atoms with Crippen LogP contribution < -0.4 is 16.6 Å². The van der Waals surface area contributed by atoms with E-state index in [1.54, 1.807) is 0 Å². The molecule has 2 aromatic carbocycles. The number of likely N-dealkylation sites (N-methyl/N-ethyl adjacent to an activating group) is 2. The lowest BCUT2D eigenvalue weighted by Gasteiger charge is -2.23. The normalized spacial score (nSPS) is 14.5. The van der Waals surface area contributed by atoms with Crippen LogP contribution in [0.5, 0.6) is 0 Å². The van der Waals surface area contributed by atoms with E-state index in [0.29, 0.717) is 11.1 Å². The lowest BCUT2D eigenvalue weighted by atomic mass is 9.93. The predicted octanol–water partition coefficient (Wildman–Crippen LogP) is 3.35. The van der Waals surface area contributed by atoms with Crippen LogP contribution >= 0.6 is 0 Å². The van der Waals surface area contributed by atoms with Crippen LogP contribution in [0, 0.1) is 0 Å². The van der Waals surface area contributed by atoms with Gasteiger partial charge in [-0.05, 0) is 50.1 Å². The van der Waals surface area contributed by atoms with E-state index in [0.717, 1.165) is 50.2 Å². The Labute approximate surface area is 179 Å². The number of hydrogen-bond acceptors (Lipinski definition) is 5. The minimum Gasteiger partial charge on any atom is -0.328 e. The summed E-state index contributed by atoms with van der Waals surface area (Å²) < 4.78 is 0. The third kappa shape index (κ3) is 5.45. The van der Waals surface area contributed by atoms with Crippen molar-refractivity contribution in [1.82, 2.24) is 15.6 Å². The molecule has 0 saturated heterocycles. The molecule has 2 aromatic rings. The molecule has 0 atom stereocenters. The maximum absolute atomic E-state index is 12.7. The Morgan fingerprint density at radius 3 is 2.43 bits per heavy atom. The van der Waals surface area contributed by atoms with Gasteiger partial charge in [-0.25, -0.2) is 0 Å². The molecule has 5 heteroatoms. The molecule has 0 aliphatic heterocycles. The number of rotatable bonds is 9. The number of hydrazine groups is 1. The van der Waals surface area contributed by atoms with Crippen molar-refractivity contribution in [2.75, 3.05) is 33.7 Å². The molecule has 5 nitrogen and oxygen atoms in total. The molecule has 0 unspecified atom stereocenters. The smallest absolute Gasteiger partial charge is 0.193 e. The summed E-state index contributed by atoms with van der Waals surface area (Å²) in [7, 11) is 4.10. The highest BCUT2D eigenvalue weighted by atomic mass is 16.1. The SMILES string of the molecule is CNCCN(C)CC1=C(NN)CCCC=C1c1ccc(C(=O)c2ccccc2)cc1. The van der Waals surface area contributed by atoms with Crippen molar-refractivity contribution in [3.05, 3.63) is 88.6 Å². The first kappa shape index (κ1) is 22.0. The summed E-state index contributed by atoms with van der Waals surface area (Å²) in [5.74, 6) is 5.94. The van der Waals surface area contributed by atoms with Crippen LogP contribution in [0.2, 0.25) is 0 Å². The van der Waals surface area contributed by atoms with Gasteiger partial charge in [-0.15, -0.1) is 0 Å². The van der Waals surface area contributed by atoms with Crippen molar-refractivity contribution in [1.29, 1.82) is 0 Å². The second kappa shape index (κ2) is 10.9. The van der Waals surface area contributed by atoms with Crippen LogP contribution in [-0.2, 0) is 0 Å². The van der Waals surface area contributed by atoms with Crippen LogP contribution in [0.4, 0.5) is 0 Å². The van der Waals surface area contributed by atoms with Gasteiger partial charge in [0.1, 0.15) is 0 Å². The second-order valence-corrected chi connectivity index (χ2v) is 7.73. The molecule has 0 heterocycles. The predicted molar refractivity (Wildman–Crippen MR) is 124 cm³/mol. The van der Waals surface area contributed by atoms with Gasteiger partial charge in [0.25, 0.3) is 0 Å². The zero-order valence-corrected chi connectivity index (χ0v) is 17.9. The fourth-order valence-corrected chi connectivity index (χ4v) is 3.80. The number of ketones is 1. The number of carbonyl (C=O) groups is 1. The fraction of sp³-hybridized carbons (Fsp3) is 0.320. The van der Waals surface area contributed by atoms with E-state index in [1.807, 2.05) is 49.5 Å². The molecule has 4 N–H and O–H groups in total. The molecule has 30 heavy (non-hydrogen) atoms. The average Bonchev–Trinajstić information content (AvgIpc) is 3.00. The van der Waals surface area contributed by atoms with Crippen molar-refractivity contribution in [2.45, 2.75) is 19.3 Å². The Bertz CT molecular complexity index is 901. The van der Waals surface area contributed by atoms with Gasteiger partial charge in [0.15, 0.2) is 5.78 Å². The third-order valence-corrected chi connectivity index (χ3v) is 5.51. The topological polar surface area (TPSA) is 70.4 Å². The molecular formula is C25H32N4O. The Morgan fingerprint density at radius 2 is 1.77 bits per heavy atom. The van der Waals surface area contributed by atoms with Gasteiger partial charge in [-0.3, -0.25) is 10.6 Å². The van der Waals surface area contributed by atoms with Gasteiger partial charge < -0.3 is 15.6 Å². The Kier molecular flexibility index (Phi) is 7.97. The van der Waals surface area contributed by atoms with Crippen LogP contribution in [0.3, 0.4) is 0 Å². The second-order valence-electron chi connectivity index (χ2n) is 7.73. The van der Waals surface area contributed by atoms with E-state index in [4.69, 9.17) is 5.84 Å². The minimum absolute atomic E-state index is 0.0453. The molecule has 0 bridgehead atoms. The lowest BCUT2D eigenvalue weighted by molar-refractivity contribution is 0.103. The van der Waals surface area contributed by atoms with Crippen molar-refractivity contribution >= 4 is 11.4 Å². The number of nitrogens with two attached hydrogens (primary N) is 1. The molecule has 0 amide bonds. The maximum atomic E-state index is 12.7. The summed E-state index contributed by atoms with van der Waals surface area (Å²) in [6, 6.07) is 17.4. The van der Waals surface area contributed by atoms with E-state index in [9.17, 15) is 4.79 Å². The number of allylic oxidation sites excluding steroid dienone is 2. The molecule has 3 rings (SSSR count). The molecule has 0 aromatic heterocycles. The van der Waals surface area contributed by atoms with Gasteiger partial charge in [-0.2, -0.15) is 0 Å². The van der Waals surface area contributed by atoms with Gasteiger partial charge in [-0.1, -0.05) is 60.7 Å². The van der Waals surface area contributed by atoms with Crippen molar-refractivity contribution in [3.63, 3.8) is 0 Å². The largest absolute Gasteiger partial charge is 0.328 e. The molecule has 158 valence electrons. The standard InChI is InChI=1S/C25H32N4O/c1-27-16-17-29(2)18-23-22(10-6-7-11-24(23)28-26)19-12-14-21(15-13-19)25(30)20-8-4-3-5-9-20/h3-5,8-10,12-15,27-28H,6-7,11,16-18,26H2,1-2H3. The van der Waals surface area contributed by atoms with E-state index in [-0.39, 0.29) is 5.78 Å². The lowest BCUT2D eigenvalue weighted by Crippen LogP contribution is -2.31. The molecule has 0 radical (unpaired) electrons. The minimum atomic E-state index is 0.0453. The summed E-state index contributed by atoms with van der Waals surface area (Å²) in [4.78, 5) is 15.0. The number of carbonyl (C=O) groups excluding carboxylic acids is 1. The summed E-state index contributed by atoms with van der Waals surface area (Å²) in [6.07, 6.45) is 5.32. The highest BCUT2D eigenvalue weighted by Gasteiger charge is 2.18. The maximum Gasteiger partial charge on any atom is 0.193 e.